The van der Waals surface area contributed by atoms with Crippen molar-refractivity contribution in [2.45, 2.75) is 50.6 Å². The van der Waals surface area contributed by atoms with E-state index in [0.717, 1.165) is 24.9 Å². The Morgan fingerprint density at radius 1 is 0.897 bits per heavy atom. The highest BCUT2D eigenvalue weighted by molar-refractivity contribution is 5.88. The van der Waals surface area contributed by atoms with Crippen LogP contribution in [0.25, 0.3) is 0 Å². The summed E-state index contributed by atoms with van der Waals surface area (Å²) < 4.78 is 5.58. The minimum atomic E-state index is -0.485. The van der Waals surface area contributed by atoms with Crippen LogP contribution in [0, 0.1) is 0 Å². The van der Waals surface area contributed by atoms with Crippen LogP contribution in [-0.2, 0) is 28.0 Å². The van der Waals surface area contributed by atoms with E-state index >= 15 is 0 Å². The first-order chi connectivity index (χ1) is 14.3. The van der Waals surface area contributed by atoms with Gasteiger partial charge in [0.05, 0.1) is 5.41 Å². The molecule has 0 spiro atoms. The molecule has 2 fully saturated rings. The van der Waals surface area contributed by atoms with Crippen molar-refractivity contribution in [3.8, 4) is 0 Å². The van der Waals surface area contributed by atoms with Crippen LogP contribution in [0.1, 0.15) is 48.8 Å². The van der Waals surface area contributed by atoms with Crippen molar-refractivity contribution in [1.29, 1.82) is 0 Å². The van der Waals surface area contributed by atoms with Gasteiger partial charge in [0.15, 0.2) is 0 Å². The van der Waals surface area contributed by atoms with Crippen LogP contribution >= 0.6 is 0 Å². The molecule has 0 aromatic heterocycles. The maximum atomic E-state index is 13.4. The van der Waals surface area contributed by atoms with Crippen LogP contribution in [0.4, 0.5) is 0 Å². The predicted octanol–water partition coefficient (Wildman–Crippen LogP) is 4.04. The van der Waals surface area contributed by atoms with Gasteiger partial charge in [0.2, 0.25) is 5.91 Å². The van der Waals surface area contributed by atoms with E-state index < -0.39 is 5.41 Å². The van der Waals surface area contributed by atoms with E-state index in [1.54, 1.807) is 0 Å². The molecular formula is C25H32N2O2. The largest absolute Gasteiger partial charge is 0.381 e. The molecule has 2 aromatic carbocycles. The Morgan fingerprint density at radius 3 is 2.28 bits per heavy atom. The lowest BCUT2D eigenvalue weighted by atomic mass is 9.73. The van der Waals surface area contributed by atoms with Crippen LogP contribution in [0.15, 0.2) is 54.6 Å². The van der Waals surface area contributed by atoms with Gasteiger partial charge in [-0.25, -0.2) is 0 Å². The molecule has 4 nitrogen and oxygen atoms in total. The molecule has 0 aliphatic carbocycles. The molecule has 2 saturated heterocycles. The van der Waals surface area contributed by atoms with Crippen molar-refractivity contribution in [1.82, 2.24) is 10.2 Å². The summed E-state index contributed by atoms with van der Waals surface area (Å²) in [7, 11) is 0. The lowest BCUT2D eigenvalue weighted by Crippen LogP contribution is -2.47. The highest BCUT2D eigenvalue weighted by atomic mass is 16.5. The van der Waals surface area contributed by atoms with Crippen LogP contribution in [0.5, 0.6) is 0 Å². The number of likely N-dealkylation sites (tertiary alicyclic amines) is 1. The van der Waals surface area contributed by atoms with Gasteiger partial charge in [-0.05, 0) is 55.5 Å². The number of nitrogens with one attached hydrogen (secondary N) is 1. The molecule has 2 aliphatic heterocycles. The van der Waals surface area contributed by atoms with Crippen molar-refractivity contribution < 1.29 is 9.53 Å². The third-order valence-corrected chi connectivity index (χ3v) is 6.51. The second-order valence-corrected chi connectivity index (χ2v) is 8.35. The third kappa shape index (κ3) is 4.71. The quantitative estimate of drug-likeness (QED) is 0.807. The smallest absolute Gasteiger partial charge is 0.231 e. The second-order valence-electron chi connectivity index (χ2n) is 8.35. The Morgan fingerprint density at radius 2 is 1.55 bits per heavy atom. The zero-order chi connectivity index (χ0) is 19.9. The van der Waals surface area contributed by atoms with Crippen LogP contribution in [0.2, 0.25) is 0 Å². The number of ether oxygens (including phenoxy) is 1. The van der Waals surface area contributed by atoms with E-state index in [1.807, 2.05) is 18.2 Å². The fourth-order valence-electron chi connectivity index (χ4n) is 4.71. The minimum Gasteiger partial charge on any atom is -0.381 e. The monoisotopic (exact) mass is 392 g/mol. The molecular weight excluding hydrogens is 360 g/mol. The van der Waals surface area contributed by atoms with E-state index in [0.29, 0.717) is 19.8 Å². The first-order valence-electron chi connectivity index (χ1n) is 11.0. The van der Waals surface area contributed by atoms with Crippen molar-refractivity contribution in [3.63, 3.8) is 0 Å². The summed E-state index contributed by atoms with van der Waals surface area (Å²) in [5, 5.41) is 3.27. The summed E-state index contributed by atoms with van der Waals surface area (Å²) in [6.07, 6.45) is 5.40. The molecule has 0 bridgehead atoms. The number of benzene rings is 2. The SMILES string of the molecule is O=C(NCc1ccccc1CN1CCCCC1)C1(c2ccccc2)CCOCC1. The number of hydrogen-bond acceptors (Lipinski definition) is 3. The Hall–Kier alpha value is -2.17. The van der Waals surface area contributed by atoms with Gasteiger partial charge in [0, 0.05) is 26.3 Å². The van der Waals surface area contributed by atoms with Crippen molar-refractivity contribution in [2.24, 2.45) is 0 Å². The van der Waals surface area contributed by atoms with Gasteiger partial charge in [-0.3, -0.25) is 9.69 Å². The summed E-state index contributed by atoms with van der Waals surface area (Å²) in [5.41, 5.74) is 3.17. The summed E-state index contributed by atoms with van der Waals surface area (Å²) in [4.78, 5) is 16.0. The zero-order valence-corrected chi connectivity index (χ0v) is 17.2. The van der Waals surface area contributed by atoms with Gasteiger partial charge >= 0.3 is 0 Å². The molecule has 4 rings (SSSR count). The van der Waals surface area contributed by atoms with Gasteiger partial charge in [-0.2, -0.15) is 0 Å². The first kappa shape index (κ1) is 20.1. The number of carbonyl (C=O) groups is 1. The van der Waals surface area contributed by atoms with Gasteiger partial charge in [0.25, 0.3) is 0 Å². The van der Waals surface area contributed by atoms with Gasteiger partial charge in [-0.15, -0.1) is 0 Å². The van der Waals surface area contributed by atoms with Crippen LogP contribution in [0.3, 0.4) is 0 Å². The number of carbonyl (C=O) groups excluding carboxylic acids is 1. The Bertz CT molecular complexity index is 793. The van der Waals surface area contributed by atoms with Crippen molar-refractivity contribution >= 4 is 5.91 Å². The number of amides is 1. The summed E-state index contributed by atoms with van der Waals surface area (Å²) >= 11 is 0. The standard InChI is InChI=1S/C25H32N2O2/c28-24(25(13-17-29-18-14-25)23-11-3-1-4-12-23)26-19-21-9-5-6-10-22(21)20-27-15-7-2-8-16-27/h1,3-6,9-12H,2,7-8,13-20H2,(H,26,28). The maximum Gasteiger partial charge on any atom is 0.231 e. The summed E-state index contributed by atoms with van der Waals surface area (Å²) in [5.74, 6) is 0.125. The van der Waals surface area contributed by atoms with Gasteiger partial charge in [-0.1, -0.05) is 61.0 Å². The lowest BCUT2D eigenvalue weighted by Gasteiger charge is -2.36. The Kier molecular flexibility index (Phi) is 6.63. The predicted molar refractivity (Wildman–Crippen MR) is 116 cm³/mol. The Balaban J connectivity index is 1.47. The average molecular weight is 393 g/mol. The van der Waals surface area contributed by atoms with Crippen LogP contribution in [-0.4, -0.2) is 37.1 Å². The average Bonchev–Trinajstić information content (AvgIpc) is 2.80. The molecule has 1 N–H and O–H groups in total. The molecule has 2 heterocycles. The highest BCUT2D eigenvalue weighted by Gasteiger charge is 2.41. The molecule has 0 atom stereocenters. The lowest BCUT2D eigenvalue weighted by molar-refractivity contribution is -0.130. The maximum absolute atomic E-state index is 13.4. The van der Waals surface area contributed by atoms with Crippen molar-refractivity contribution in [3.05, 3.63) is 71.3 Å². The fraction of sp³-hybridized carbons (Fsp3) is 0.480. The number of nitrogens with zero attached hydrogens (tertiary/aromatic N) is 1. The van der Waals surface area contributed by atoms with E-state index in [2.05, 4.69) is 46.6 Å². The van der Waals surface area contributed by atoms with E-state index in [-0.39, 0.29) is 5.91 Å². The summed E-state index contributed by atoms with van der Waals surface area (Å²) in [6, 6.07) is 18.7. The van der Waals surface area contributed by atoms with E-state index in [4.69, 9.17) is 4.74 Å². The molecule has 2 aromatic rings. The number of rotatable bonds is 6. The molecule has 0 saturated carbocycles. The second kappa shape index (κ2) is 9.55. The normalized spacial score (nSPS) is 19.6. The van der Waals surface area contributed by atoms with E-state index in [9.17, 15) is 4.79 Å². The Labute approximate surface area is 174 Å². The van der Waals surface area contributed by atoms with E-state index in [1.165, 1.54) is 43.5 Å². The number of hydrogen-bond donors (Lipinski definition) is 1. The van der Waals surface area contributed by atoms with Gasteiger partial charge < -0.3 is 10.1 Å². The fourth-order valence-corrected chi connectivity index (χ4v) is 4.71. The molecule has 0 radical (unpaired) electrons. The molecule has 29 heavy (non-hydrogen) atoms. The third-order valence-electron chi connectivity index (χ3n) is 6.51. The molecule has 154 valence electrons. The summed E-state index contributed by atoms with van der Waals surface area (Å²) in [6.45, 7) is 5.18. The van der Waals surface area contributed by atoms with Gasteiger partial charge in [0.1, 0.15) is 0 Å². The zero-order valence-electron chi connectivity index (χ0n) is 17.2. The topological polar surface area (TPSA) is 41.6 Å². The first-order valence-corrected chi connectivity index (χ1v) is 11.0. The molecule has 2 aliphatic rings. The molecule has 0 unspecified atom stereocenters. The number of piperidine rings is 1. The van der Waals surface area contributed by atoms with Crippen molar-refractivity contribution in [2.75, 3.05) is 26.3 Å². The molecule has 1 amide bonds. The van der Waals surface area contributed by atoms with Crippen LogP contribution < -0.4 is 5.32 Å². The molecule has 4 heteroatoms. The highest BCUT2D eigenvalue weighted by Crippen LogP contribution is 2.35. The minimum absolute atomic E-state index is 0.125.